The van der Waals surface area contributed by atoms with Crippen LogP contribution in [0, 0.1) is 12.7 Å². The Labute approximate surface area is 204 Å². The highest BCUT2D eigenvalue weighted by Gasteiger charge is 2.19. The molecule has 4 aromatic heterocycles. The molecule has 0 fully saturated rings. The van der Waals surface area contributed by atoms with E-state index in [9.17, 15) is 9.18 Å². The molecule has 11 nitrogen and oxygen atoms in total. The molecule has 0 radical (unpaired) electrons. The van der Waals surface area contributed by atoms with E-state index in [1.807, 2.05) is 24.6 Å². The molecule has 1 aromatic carbocycles. The van der Waals surface area contributed by atoms with Gasteiger partial charge in [-0.25, -0.2) is 18.9 Å². The van der Waals surface area contributed by atoms with Crippen molar-refractivity contribution >= 4 is 17.4 Å². The number of carbonyl (C=O) groups excluding carboxylic acids is 1. The number of fused-ring (bicyclic) bond motifs is 1. The van der Waals surface area contributed by atoms with E-state index in [0.29, 0.717) is 17.0 Å². The second-order valence-corrected chi connectivity index (χ2v) is 7.81. The van der Waals surface area contributed by atoms with Gasteiger partial charge in [-0.3, -0.25) is 4.79 Å². The number of aryl methyl sites for hydroxylation is 1. The normalized spacial score (nSPS) is 11.0. The van der Waals surface area contributed by atoms with Gasteiger partial charge in [0.05, 0.1) is 31.8 Å². The van der Waals surface area contributed by atoms with Gasteiger partial charge >= 0.3 is 6.01 Å². The number of nitrogens with zero attached hydrogens (tertiary/aromatic N) is 7. The van der Waals surface area contributed by atoms with Gasteiger partial charge in [0.15, 0.2) is 11.5 Å². The molecule has 0 aliphatic rings. The third-order valence-electron chi connectivity index (χ3n) is 5.55. The van der Waals surface area contributed by atoms with E-state index in [0.717, 1.165) is 17.1 Å². The summed E-state index contributed by atoms with van der Waals surface area (Å²) >= 11 is 0. The van der Waals surface area contributed by atoms with Crippen LogP contribution >= 0.6 is 0 Å². The summed E-state index contributed by atoms with van der Waals surface area (Å²) in [7, 11) is 4.72. The number of carbonyl (C=O) groups is 1. The molecule has 1 amide bonds. The van der Waals surface area contributed by atoms with Gasteiger partial charge < -0.3 is 19.4 Å². The number of methoxy groups -OCH3 is 2. The first-order valence-electron chi connectivity index (χ1n) is 10.8. The zero-order valence-electron chi connectivity index (χ0n) is 19.9. The molecule has 0 saturated carbocycles. The Hall–Kier alpha value is -4.87. The van der Waals surface area contributed by atoms with E-state index in [1.165, 1.54) is 32.4 Å². The molecule has 0 bridgehead atoms. The first kappa shape index (κ1) is 22.9. The molecule has 5 aromatic rings. The molecule has 0 aliphatic heterocycles. The van der Waals surface area contributed by atoms with Gasteiger partial charge in [0.1, 0.15) is 23.0 Å². The number of hydrogen-bond acceptors (Lipinski definition) is 8. The number of imidazole rings is 2. The molecule has 0 saturated heterocycles. The number of ether oxygens (including phenoxy) is 2. The Morgan fingerprint density at radius 1 is 1.00 bits per heavy atom. The van der Waals surface area contributed by atoms with E-state index < -0.39 is 5.91 Å². The van der Waals surface area contributed by atoms with E-state index in [2.05, 4.69) is 30.4 Å². The molecule has 12 heteroatoms. The van der Waals surface area contributed by atoms with Crippen molar-refractivity contribution in [2.24, 2.45) is 7.05 Å². The van der Waals surface area contributed by atoms with Crippen molar-refractivity contribution in [2.75, 3.05) is 19.5 Å². The maximum Gasteiger partial charge on any atom is 0.320 e. The third-order valence-corrected chi connectivity index (χ3v) is 5.55. The molecule has 0 aliphatic carbocycles. The van der Waals surface area contributed by atoms with Crippen LogP contribution in [-0.2, 0) is 7.05 Å². The lowest BCUT2D eigenvalue weighted by molar-refractivity contribution is 0.102. The highest BCUT2D eigenvalue weighted by molar-refractivity contribution is 6.02. The minimum absolute atomic E-state index is 0.00393. The quantitative estimate of drug-likeness (QED) is 0.386. The molecule has 0 unspecified atom stereocenters. The fraction of sp³-hybridized carbons (Fsp3) is 0.167. The van der Waals surface area contributed by atoms with Crippen LogP contribution in [0.4, 0.5) is 10.2 Å². The molecular formula is C24H21FN8O3. The summed E-state index contributed by atoms with van der Waals surface area (Å²) in [4.78, 5) is 29.9. The number of nitrogens with one attached hydrogen (secondary N) is 1. The fourth-order valence-corrected chi connectivity index (χ4v) is 3.68. The molecule has 4 heterocycles. The van der Waals surface area contributed by atoms with Gasteiger partial charge in [0.25, 0.3) is 5.91 Å². The smallest absolute Gasteiger partial charge is 0.320 e. The van der Waals surface area contributed by atoms with Crippen molar-refractivity contribution in [3.8, 4) is 34.5 Å². The van der Waals surface area contributed by atoms with Crippen molar-refractivity contribution in [3.63, 3.8) is 0 Å². The van der Waals surface area contributed by atoms with Crippen LogP contribution < -0.4 is 14.8 Å². The largest absolute Gasteiger partial charge is 0.481 e. The lowest BCUT2D eigenvalue weighted by Crippen LogP contribution is -2.15. The van der Waals surface area contributed by atoms with Crippen LogP contribution in [0.1, 0.15) is 16.3 Å². The summed E-state index contributed by atoms with van der Waals surface area (Å²) in [5, 5.41) is 7.38. The van der Waals surface area contributed by atoms with E-state index >= 15 is 0 Å². The van der Waals surface area contributed by atoms with E-state index in [1.54, 1.807) is 28.9 Å². The average Bonchev–Trinajstić information content (AvgIpc) is 3.42. The first-order chi connectivity index (χ1) is 17.4. The van der Waals surface area contributed by atoms with Crippen LogP contribution in [0.25, 0.3) is 28.3 Å². The van der Waals surface area contributed by atoms with E-state index in [-0.39, 0.29) is 29.2 Å². The van der Waals surface area contributed by atoms with Crippen LogP contribution in [-0.4, -0.2) is 54.2 Å². The van der Waals surface area contributed by atoms with Crippen LogP contribution in [0.15, 0.2) is 48.7 Å². The monoisotopic (exact) mass is 488 g/mol. The number of aromatic nitrogens is 7. The summed E-state index contributed by atoms with van der Waals surface area (Å²) in [6.45, 7) is 1.89. The summed E-state index contributed by atoms with van der Waals surface area (Å²) in [5.74, 6) is 0.413. The summed E-state index contributed by atoms with van der Waals surface area (Å²) < 4.78 is 27.1. The highest BCUT2D eigenvalue weighted by atomic mass is 19.1. The summed E-state index contributed by atoms with van der Waals surface area (Å²) in [6, 6.07) is 11.2. The van der Waals surface area contributed by atoms with Crippen LogP contribution in [0.3, 0.4) is 0 Å². The summed E-state index contributed by atoms with van der Waals surface area (Å²) in [6.07, 6.45) is 1.59. The number of benzene rings is 1. The molecule has 1 N–H and O–H groups in total. The van der Waals surface area contributed by atoms with Gasteiger partial charge in [-0.15, -0.1) is 0 Å². The number of hydrogen-bond donors (Lipinski definition) is 1. The summed E-state index contributed by atoms with van der Waals surface area (Å²) in [5.41, 5.74) is 3.42. The Bertz CT molecular complexity index is 1570. The lowest BCUT2D eigenvalue weighted by atomic mass is 10.1. The number of halogens is 1. The number of rotatable bonds is 6. The Morgan fingerprint density at radius 3 is 2.50 bits per heavy atom. The number of amides is 1. The zero-order valence-corrected chi connectivity index (χ0v) is 19.9. The molecule has 0 atom stereocenters. The van der Waals surface area contributed by atoms with Crippen molar-refractivity contribution in [2.45, 2.75) is 6.92 Å². The van der Waals surface area contributed by atoms with Crippen LogP contribution in [0.2, 0.25) is 0 Å². The minimum Gasteiger partial charge on any atom is -0.481 e. The Kier molecular flexibility index (Phi) is 5.76. The molecule has 5 rings (SSSR count). The molecule has 182 valence electrons. The van der Waals surface area contributed by atoms with Gasteiger partial charge in [-0.1, -0.05) is 0 Å². The van der Waals surface area contributed by atoms with Gasteiger partial charge in [-0.2, -0.15) is 15.1 Å². The maximum absolute atomic E-state index is 13.5. The standard InChI is InChI=1S/C24H21FN8O3/c1-13-26-21(14-5-7-15(25)8-6-14)22(32(13)2)16-9-10-19-28-18(12-33(19)31-16)29-23(34)17-11-20(35-3)30-24(27-17)36-4/h5-12H,1-4H3,(H,29,34). The number of anilines is 1. The third kappa shape index (κ3) is 4.19. The van der Waals surface area contributed by atoms with Crippen molar-refractivity contribution in [3.05, 3.63) is 66.0 Å². The van der Waals surface area contributed by atoms with Gasteiger partial charge in [0, 0.05) is 18.7 Å². The minimum atomic E-state index is -0.515. The molecule has 36 heavy (non-hydrogen) atoms. The second-order valence-electron chi connectivity index (χ2n) is 7.81. The predicted octanol–water partition coefficient (Wildman–Crippen LogP) is 3.30. The molecular weight excluding hydrogens is 467 g/mol. The van der Waals surface area contributed by atoms with Gasteiger partial charge in [0.2, 0.25) is 5.88 Å². The van der Waals surface area contributed by atoms with Gasteiger partial charge in [-0.05, 0) is 43.3 Å². The van der Waals surface area contributed by atoms with Crippen molar-refractivity contribution in [1.82, 2.24) is 34.1 Å². The topological polar surface area (TPSA) is 121 Å². The second kappa shape index (κ2) is 9.06. The van der Waals surface area contributed by atoms with E-state index in [4.69, 9.17) is 9.47 Å². The lowest BCUT2D eigenvalue weighted by Gasteiger charge is -2.07. The van der Waals surface area contributed by atoms with Crippen molar-refractivity contribution < 1.29 is 18.7 Å². The van der Waals surface area contributed by atoms with Crippen LogP contribution in [0.5, 0.6) is 11.9 Å². The fourth-order valence-electron chi connectivity index (χ4n) is 3.68. The first-order valence-corrected chi connectivity index (χ1v) is 10.8. The Morgan fingerprint density at radius 2 is 1.78 bits per heavy atom. The highest BCUT2D eigenvalue weighted by Crippen LogP contribution is 2.31. The van der Waals surface area contributed by atoms with Crippen molar-refractivity contribution in [1.29, 1.82) is 0 Å². The molecule has 0 spiro atoms. The SMILES string of the molecule is COc1cc(C(=O)Nc2cn3nc(-c4c(-c5ccc(F)cc5)nc(C)n4C)ccc3n2)nc(OC)n1. The average molecular weight is 488 g/mol. The Balaban J connectivity index is 1.48. The zero-order chi connectivity index (χ0) is 25.4. The maximum atomic E-state index is 13.5. The predicted molar refractivity (Wildman–Crippen MR) is 128 cm³/mol.